The topological polar surface area (TPSA) is 175 Å². The number of nitrogens with zero attached hydrogens (tertiary/aromatic N) is 4. The fourth-order valence-corrected chi connectivity index (χ4v) is 6.63. The zero-order valence-electron chi connectivity index (χ0n) is 26.0. The number of hydrogen-bond acceptors (Lipinski definition) is 9. The Morgan fingerprint density at radius 2 is 1.78 bits per heavy atom. The first-order chi connectivity index (χ1) is 23.7. The highest BCUT2D eigenvalue weighted by Gasteiger charge is 2.54. The van der Waals surface area contributed by atoms with E-state index in [0.29, 0.717) is 17.7 Å². The van der Waals surface area contributed by atoms with E-state index in [1.807, 2.05) is 0 Å². The van der Waals surface area contributed by atoms with Gasteiger partial charge in [-0.15, -0.1) is 0 Å². The molecule has 15 heteroatoms. The Balaban J connectivity index is 1.57. The molecule has 1 aliphatic rings. The summed E-state index contributed by atoms with van der Waals surface area (Å²) in [4.78, 5) is 22.0. The molecule has 1 amide bonds. The van der Waals surface area contributed by atoms with E-state index in [1.165, 1.54) is 18.2 Å². The molecule has 0 aromatic heterocycles. The van der Waals surface area contributed by atoms with Crippen LogP contribution in [0.25, 0.3) is 10.4 Å². The van der Waals surface area contributed by atoms with E-state index >= 15 is 0 Å². The first kappa shape index (κ1) is 35.0. The summed E-state index contributed by atoms with van der Waals surface area (Å²) in [6.45, 7) is -0.0578. The lowest BCUT2D eigenvalue weighted by molar-refractivity contribution is -0.130. The van der Waals surface area contributed by atoms with Crippen LogP contribution in [-0.4, -0.2) is 49.8 Å². The highest BCUT2D eigenvalue weighted by Crippen LogP contribution is 2.45. The van der Waals surface area contributed by atoms with Crippen LogP contribution in [0.15, 0.2) is 112 Å². The van der Waals surface area contributed by atoms with Crippen molar-refractivity contribution in [3.63, 3.8) is 0 Å². The van der Waals surface area contributed by atoms with E-state index in [4.69, 9.17) is 19.6 Å². The highest BCUT2D eigenvalue weighted by molar-refractivity contribution is 7.91. The number of aliphatic hydroxyl groups is 1. The lowest BCUT2D eigenvalue weighted by Crippen LogP contribution is -2.53. The van der Waals surface area contributed by atoms with Gasteiger partial charge in [0.1, 0.15) is 17.4 Å². The zero-order chi connectivity index (χ0) is 34.9. The SMILES string of the molecule is [N-]=[N+]=Nc1ccccc1[C@@H]1OC(c2ccc(OCCCO)cc2)=N[C@]1(CCS(=O)(=O)c1ccccc1)C(=O)NNCc1cc(F)ccc1F. The molecule has 0 unspecified atom stereocenters. The van der Waals surface area contributed by atoms with Crippen molar-refractivity contribution in [2.24, 2.45) is 10.1 Å². The van der Waals surface area contributed by atoms with E-state index in [0.717, 1.165) is 18.2 Å². The van der Waals surface area contributed by atoms with Gasteiger partial charge in [-0.25, -0.2) is 27.6 Å². The number of ether oxygens (including phenoxy) is 2. The molecule has 1 heterocycles. The minimum absolute atomic E-state index is 0.00826. The molecule has 49 heavy (non-hydrogen) atoms. The third-order valence-corrected chi connectivity index (χ3v) is 9.48. The van der Waals surface area contributed by atoms with Crippen molar-refractivity contribution in [3.05, 3.63) is 136 Å². The number of sulfone groups is 1. The molecule has 0 bridgehead atoms. The largest absolute Gasteiger partial charge is 0.494 e. The second-order valence-electron chi connectivity index (χ2n) is 11.0. The van der Waals surface area contributed by atoms with Gasteiger partial charge in [-0.1, -0.05) is 47.6 Å². The van der Waals surface area contributed by atoms with Gasteiger partial charge >= 0.3 is 0 Å². The summed E-state index contributed by atoms with van der Waals surface area (Å²) in [5, 5.41) is 12.8. The molecule has 0 spiro atoms. The number of rotatable bonds is 15. The van der Waals surface area contributed by atoms with Crippen molar-refractivity contribution in [1.82, 2.24) is 10.9 Å². The van der Waals surface area contributed by atoms with Crippen LogP contribution < -0.4 is 15.6 Å². The number of amides is 1. The van der Waals surface area contributed by atoms with Gasteiger partial charge in [-0.2, -0.15) is 0 Å². The van der Waals surface area contributed by atoms with Gasteiger partial charge in [0.05, 0.1) is 17.3 Å². The van der Waals surface area contributed by atoms with Crippen LogP contribution in [-0.2, 0) is 25.9 Å². The highest BCUT2D eigenvalue weighted by atomic mass is 32.2. The Bertz CT molecular complexity index is 1970. The summed E-state index contributed by atoms with van der Waals surface area (Å²) < 4.78 is 67.2. The Hall–Kier alpha value is -5.34. The maximum absolute atomic E-state index is 14.4. The van der Waals surface area contributed by atoms with Crippen LogP contribution in [0, 0.1) is 11.6 Å². The molecule has 0 saturated heterocycles. The molecule has 1 aliphatic heterocycles. The van der Waals surface area contributed by atoms with Gasteiger partial charge < -0.3 is 14.6 Å². The summed E-state index contributed by atoms with van der Waals surface area (Å²) in [5.74, 6) is -2.27. The summed E-state index contributed by atoms with van der Waals surface area (Å²) in [6.07, 6.45) is -1.26. The average molecular weight is 691 g/mol. The van der Waals surface area contributed by atoms with Gasteiger partial charge in [0.2, 0.25) is 5.90 Å². The normalized spacial score (nSPS) is 17.0. The molecule has 4 aromatic rings. The molecule has 4 aromatic carbocycles. The maximum atomic E-state index is 14.4. The minimum Gasteiger partial charge on any atom is -0.494 e. The molecule has 2 atom stereocenters. The lowest BCUT2D eigenvalue weighted by Gasteiger charge is -2.31. The standard InChI is InChI=1S/C34H32F2N6O6S/c35-25-13-16-29(36)24(21-25)22-38-41-33(44)34(17-20-49(45,46)27-7-2-1-3-8-27)31(28-9-4-5-10-30(28)40-42-37)48-32(39-34)23-11-14-26(15-12-23)47-19-6-18-43/h1-5,7-16,21,31,38,43H,6,17-20,22H2,(H,41,44)/t31-,34-/m0/s1. The van der Waals surface area contributed by atoms with Crippen LogP contribution in [0.4, 0.5) is 14.5 Å². The predicted molar refractivity (Wildman–Crippen MR) is 176 cm³/mol. The molecule has 0 saturated carbocycles. The summed E-state index contributed by atoms with van der Waals surface area (Å²) in [7, 11) is -3.95. The Morgan fingerprint density at radius 3 is 2.51 bits per heavy atom. The van der Waals surface area contributed by atoms with Crippen LogP contribution in [0.5, 0.6) is 5.75 Å². The lowest BCUT2D eigenvalue weighted by atomic mass is 9.84. The van der Waals surface area contributed by atoms with E-state index in [-0.39, 0.29) is 47.4 Å². The van der Waals surface area contributed by atoms with E-state index < -0.39 is 51.2 Å². The molecule has 12 nitrogen and oxygen atoms in total. The van der Waals surface area contributed by atoms with Crippen LogP contribution in [0.1, 0.15) is 35.6 Å². The molecule has 5 rings (SSSR count). The Labute approximate surface area is 280 Å². The van der Waals surface area contributed by atoms with E-state index in [2.05, 4.69) is 20.9 Å². The first-order valence-electron chi connectivity index (χ1n) is 15.2. The average Bonchev–Trinajstić information content (AvgIpc) is 3.51. The number of carbonyl (C=O) groups excluding carboxylic acids is 1. The predicted octanol–water partition coefficient (Wildman–Crippen LogP) is 5.61. The number of halogens is 2. The van der Waals surface area contributed by atoms with Gasteiger partial charge in [0.25, 0.3) is 5.91 Å². The van der Waals surface area contributed by atoms with Crippen LogP contribution in [0.2, 0.25) is 0 Å². The quantitative estimate of drug-likeness (QED) is 0.0478. The van der Waals surface area contributed by atoms with Crippen molar-refractivity contribution < 1.29 is 36.6 Å². The molecular weight excluding hydrogens is 658 g/mol. The molecular formula is C34H32F2N6O6S. The Morgan fingerprint density at radius 1 is 1.04 bits per heavy atom. The van der Waals surface area contributed by atoms with Gasteiger partial charge in [-0.05, 0) is 60.1 Å². The third-order valence-electron chi connectivity index (χ3n) is 7.74. The number of hydrazine groups is 1. The Kier molecular flexibility index (Phi) is 11.2. The van der Waals surface area contributed by atoms with Crippen molar-refractivity contribution in [3.8, 4) is 5.75 Å². The molecule has 0 radical (unpaired) electrons. The van der Waals surface area contributed by atoms with Crippen molar-refractivity contribution >= 4 is 27.3 Å². The summed E-state index contributed by atoms with van der Waals surface area (Å²) >= 11 is 0. The van der Waals surface area contributed by atoms with Crippen LogP contribution in [0.3, 0.4) is 0 Å². The van der Waals surface area contributed by atoms with Crippen molar-refractivity contribution in [2.45, 2.75) is 35.9 Å². The van der Waals surface area contributed by atoms with Crippen molar-refractivity contribution in [2.75, 3.05) is 19.0 Å². The number of hydrogen-bond donors (Lipinski definition) is 3. The van der Waals surface area contributed by atoms with E-state index in [1.54, 1.807) is 60.7 Å². The molecule has 3 N–H and O–H groups in total. The molecule has 0 aliphatic carbocycles. The fourth-order valence-electron chi connectivity index (χ4n) is 5.24. The van der Waals surface area contributed by atoms with Gasteiger partial charge in [0.15, 0.2) is 21.5 Å². The van der Waals surface area contributed by atoms with Gasteiger partial charge in [0, 0.05) is 53.3 Å². The molecule has 0 fully saturated rings. The second-order valence-corrected chi connectivity index (χ2v) is 13.1. The van der Waals surface area contributed by atoms with E-state index in [9.17, 15) is 27.5 Å². The van der Waals surface area contributed by atoms with Crippen LogP contribution >= 0.6 is 0 Å². The van der Waals surface area contributed by atoms with Gasteiger partial charge in [-0.3, -0.25) is 10.2 Å². The monoisotopic (exact) mass is 690 g/mol. The molecule has 254 valence electrons. The van der Waals surface area contributed by atoms with Crippen molar-refractivity contribution in [1.29, 1.82) is 0 Å². The number of benzene rings is 4. The summed E-state index contributed by atoms with van der Waals surface area (Å²) in [6, 6.07) is 23.5. The second kappa shape index (κ2) is 15.7. The zero-order valence-corrected chi connectivity index (χ0v) is 26.8. The summed E-state index contributed by atoms with van der Waals surface area (Å²) in [5.41, 5.74) is 13.1. The fraction of sp³-hybridized carbons (Fsp3) is 0.235. The maximum Gasteiger partial charge on any atom is 0.266 e. The number of aliphatic hydroxyl groups excluding tert-OH is 1. The smallest absolute Gasteiger partial charge is 0.266 e. The first-order valence-corrected chi connectivity index (χ1v) is 16.8. The third kappa shape index (κ3) is 8.21. The number of nitrogens with one attached hydrogen (secondary N) is 2. The minimum atomic E-state index is -3.95. The number of azide groups is 1. The number of aliphatic imine (C=N–C) groups is 1. The number of carbonyl (C=O) groups is 1.